The number of rotatable bonds is 5. The predicted octanol–water partition coefficient (Wildman–Crippen LogP) is 3.44. The lowest BCUT2D eigenvalue weighted by molar-refractivity contribution is -0.120. The van der Waals surface area contributed by atoms with E-state index in [1.807, 2.05) is 12.1 Å². The van der Waals surface area contributed by atoms with Gasteiger partial charge in [-0.1, -0.05) is 30.9 Å². The van der Waals surface area contributed by atoms with Crippen molar-refractivity contribution in [3.63, 3.8) is 0 Å². The molecule has 2 N–H and O–H groups in total. The van der Waals surface area contributed by atoms with Crippen molar-refractivity contribution in [2.45, 2.75) is 50.0 Å². The van der Waals surface area contributed by atoms with Gasteiger partial charge in [0.25, 0.3) is 0 Å². The normalized spacial score (nSPS) is 23.3. The van der Waals surface area contributed by atoms with E-state index in [-0.39, 0.29) is 18.1 Å². The van der Waals surface area contributed by atoms with Crippen LogP contribution in [0.3, 0.4) is 0 Å². The van der Waals surface area contributed by atoms with Gasteiger partial charge in [0.05, 0.1) is 22.2 Å². The first kappa shape index (κ1) is 16.1. The van der Waals surface area contributed by atoms with E-state index in [1.165, 1.54) is 4.88 Å². The van der Waals surface area contributed by atoms with Gasteiger partial charge in [-0.25, -0.2) is 0 Å². The maximum atomic E-state index is 11.9. The highest BCUT2D eigenvalue weighted by Gasteiger charge is 2.22. The largest absolute Gasteiger partial charge is 0.391 e. The molecule has 1 aromatic rings. The molecular formula is C14H20ClNO2S2. The number of thioether (sulfide) groups is 1. The molecule has 0 bridgehead atoms. The molecule has 2 unspecified atom stereocenters. The number of halogens is 1. The van der Waals surface area contributed by atoms with Crippen molar-refractivity contribution in [3.05, 3.63) is 21.3 Å². The van der Waals surface area contributed by atoms with E-state index >= 15 is 0 Å². The Labute approximate surface area is 133 Å². The molecule has 6 heteroatoms. The summed E-state index contributed by atoms with van der Waals surface area (Å²) in [5.74, 6) is 1.25. The Morgan fingerprint density at radius 1 is 1.40 bits per heavy atom. The summed E-state index contributed by atoms with van der Waals surface area (Å²) in [4.78, 5) is 13.1. The van der Waals surface area contributed by atoms with E-state index in [0.29, 0.717) is 5.75 Å². The lowest BCUT2D eigenvalue weighted by Gasteiger charge is -2.21. The summed E-state index contributed by atoms with van der Waals surface area (Å²) in [6.45, 7) is 0. The van der Waals surface area contributed by atoms with E-state index in [9.17, 15) is 9.90 Å². The first-order valence-electron chi connectivity index (χ1n) is 6.94. The van der Waals surface area contributed by atoms with Gasteiger partial charge >= 0.3 is 0 Å². The van der Waals surface area contributed by atoms with Crippen molar-refractivity contribution in [1.82, 2.24) is 5.32 Å². The summed E-state index contributed by atoms with van der Waals surface area (Å²) < 4.78 is 0.784. The van der Waals surface area contributed by atoms with Crippen LogP contribution in [0.4, 0.5) is 0 Å². The van der Waals surface area contributed by atoms with Crippen molar-refractivity contribution < 1.29 is 9.90 Å². The van der Waals surface area contributed by atoms with Crippen LogP contribution in [-0.2, 0) is 10.5 Å². The average Bonchev–Trinajstić information content (AvgIpc) is 2.71. The van der Waals surface area contributed by atoms with Crippen molar-refractivity contribution in [3.8, 4) is 0 Å². The molecule has 1 amide bonds. The van der Waals surface area contributed by atoms with Crippen LogP contribution >= 0.6 is 34.7 Å². The van der Waals surface area contributed by atoms with E-state index in [0.717, 1.165) is 42.2 Å². The second kappa shape index (κ2) is 8.27. The molecule has 0 aliphatic heterocycles. The topological polar surface area (TPSA) is 49.3 Å². The van der Waals surface area contributed by atoms with Crippen LogP contribution in [-0.4, -0.2) is 28.9 Å². The molecule has 1 aliphatic rings. The summed E-state index contributed by atoms with van der Waals surface area (Å²) in [5.41, 5.74) is 0. The van der Waals surface area contributed by atoms with E-state index < -0.39 is 0 Å². The zero-order valence-corrected chi connectivity index (χ0v) is 13.7. The summed E-state index contributed by atoms with van der Waals surface area (Å²) in [7, 11) is 0. The van der Waals surface area contributed by atoms with Crippen molar-refractivity contribution in [1.29, 1.82) is 0 Å². The van der Waals surface area contributed by atoms with Crippen LogP contribution in [0.1, 0.15) is 37.0 Å². The maximum absolute atomic E-state index is 11.9. The third-order valence-corrected chi connectivity index (χ3v) is 5.83. The number of hydrogen-bond acceptors (Lipinski definition) is 4. The van der Waals surface area contributed by atoms with Gasteiger partial charge < -0.3 is 10.4 Å². The minimum Gasteiger partial charge on any atom is -0.391 e. The van der Waals surface area contributed by atoms with Gasteiger partial charge in [-0.15, -0.1) is 23.1 Å². The number of nitrogens with one attached hydrogen (secondary N) is 1. The zero-order valence-electron chi connectivity index (χ0n) is 11.3. The highest BCUT2D eigenvalue weighted by molar-refractivity contribution is 7.99. The number of carbonyl (C=O) groups excluding carboxylic acids is 1. The Kier molecular flexibility index (Phi) is 6.68. The molecule has 20 heavy (non-hydrogen) atoms. The van der Waals surface area contributed by atoms with Gasteiger partial charge in [-0.3, -0.25) is 4.79 Å². The molecule has 0 spiro atoms. The SMILES string of the molecule is O=C(CSCc1ccc(Cl)s1)NC1CCCCCC1O. The molecule has 1 fully saturated rings. The molecule has 112 valence electrons. The Morgan fingerprint density at radius 3 is 2.95 bits per heavy atom. The summed E-state index contributed by atoms with van der Waals surface area (Å²) in [6.07, 6.45) is 4.59. The van der Waals surface area contributed by atoms with Gasteiger partial charge in [0.15, 0.2) is 0 Å². The van der Waals surface area contributed by atoms with Gasteiger partial charge in [0, 0.05) is 10.6 Å². The van der Waals surface area contributed by atoms with Crippen molar-refractivity contribution in [2.24, 2.45) is 0 Å². The number of aliphatic hydroxyl groups excluding tert-OH is 1. The summed E-state index contributed by atoms with van der Waals surface area (Å²) in [5, 5.41) is 12.9. The van der Waals surface area contributed by atoms with E-state index in [2.05, 4.69) is 5.32 Å². The molecule has 2 atom stereocenters. The van der Waals surface area contributed by atoms with Gasteiger partial charge in [-0.2, -0.15) is 0 Å². The minimum absolute atomic E-state index is 0.0172. The van der Waals surface area contributed by atoms with Crippen LogP contribution in [0.15, 0.2) is 12.1 Å². The van der Waals surface area contributed by atoms with Crippen molar-refractivity contribution >= 4 is 40.6 Å². The summed E-state index contributed by atoms with van der Waals surface area (Å²) >= 11 is 9.00. The molecule has 1 heterocycles. The van der Waals surface area contributed by atoms with Gasteiger partial charge in [0.1, 0.15) is 0 Å². The third kappa shape index (κ3) is 5.28. The van der Waals surface area contributed by atoms with E-state index in [4.69, 9.17) is 11.6 Å². The Morgan fingerprint density at radius 2 is 2.20 bits per heavy atom. The quantitative estimate of drug-likeness (QED) is 0.811. The number of thiophene rings is 1. The third-order valence-electron chi connectivity index (χ3n) is 3.43. The molecule has 0 aromatic carbocycles. The highest BCUT2D eigenvalue weighted by Crippen LogP contribution is 2.25. The standard InChI is InChI=1S/C14H20ClNO2S2/c15-13-7-6-10(20-13)8-19-9-14(18)16-11-4-2-1-3-5-12(11)17/h6-7,11-12,17H,1-5,8-9H2,(H,16,18). The summed E-state index contributed by atoms with van der Waals surface area (Å²) in [6, 6.07) is 3.80. The van der Waals surface area contributed by atoms with Crippen LogP contribution in [0.25, 0.3) is 0 Å². The fourth-order valence-corrected chi connectivity index (χ4v) is 4.42. The number of hydrogen-bond donors (Lipinski definition) is 2. The minimum atomic E-state index is -0.387. The fourth-order valence-electron chi connectivity index (χ4n) is 2.38. The predicted molar refractivity (Wildman–Crippen MR) is 86.5 cm³/mol. The van der Waals surface area contributed by atoms with Gasteiger partial charge in [0.2, 0.25) is 5.91 Å². The Bertz CT molecular complexity index is 439. The second-order valence-corrected chi connectivity index (χ2v) is 7.86. The first-order chi connectivity index (χ1) is 9.65. The first-order valence-corrected chi connectivity index (χ1v) is 9.29. The lowest BCUT2D eigenvalue weighted by atomic mass is 10.1. The molecule has 0 radical (unpaired) electrons. The maximum Gasteiger partial charge on any atom is 0.230 e. The van der Waals surface area contributed by atoms with Crippen LogP contribution in [0, 0.1) is 0 Å². The number of aliphatic hydroxyl groups is 1. The lowest BCUT2D eigenvalue weighted by Crippen LogP contribution is -2.43. The molecule has 0 saturated heterocycles. The van der Waals surface area contributed by atoms with Crippen molar-refractivity contribution in [2.75, 3.05) is 5.75 Å². The fraction of sp³-hybridized carbons (Fsp3) is 0.643. The smallest absolute Gasteiger partial charge is 0.230 e. The van der Waals surface area contributed by atoms with Crippen LogP contribution < -0.4 is 5.32 Å². The molecule has 1 aromatic heterocycles. The Balaban J connectivity index is 1.69. The average molecular weight is 334 g/mol. The zero-order chi connectivity index (χ0) is 14.4. The Hall–Kier alpha value is -0.230. The molecule has 1 aliphatic carbocycles. The van der Waals surface area contributed by atoms with E-state index in [1.54, 1.807) is 23.1 Å². The molecular weight excluding hydrogens is 314 g/mol. The number of carbonyl (C=O) groups is 1. The van der Waals surface area contributed by atoms with Crippen LogP contribution in [0.2, 0.25) is 4.34 Å². The van der Waals surface area contributed by atoms with Crippen LogP contribution in [0.5, 0.6) is 0 Å². The highest BCUT2D eigenvalue weighted by atomic mass is 35.5. The molecule has 3 nitrogen and oxygen atoms in total. The molecule has 2 rings (SSSR count). The molecule has 1 saturated carbocycles. The van der Waals surface area contributed by atoms with Gasteiger partial charge in [-0.05, 0) is 25.0 Å². The number of amides is 1. The second-order valence-electron chi connectivity index (χ2n) is 5.08. The monoisotopic (exact) mass is 333 g/mol.